The number of hydrogen-bond donors (Lipinski definition) is 0. The van der Waals surface area contributed by atoms with Crippen LogP contribution in [0.2, 0.25) is 0 Å². The lowest BCUT2D eigenvalue weighted by Gasteiger charge is -2.07. The van der Waals surface area contributed by atoms with E-state index in [0.29, 0.717) is 19.3 Å². The Morgan fingerprint density at radius 1 is 0.667 bits per heavy atom. The zero-order valence-corrected chi connectivity index (χ0v) is 16.4. The summed E-state index contributed by atoms with van der Waals surface area (Å²) in [5, 5.41) is 0. The molecule has 0 aliphatic heterocycles. The number of unbranched alkanes of at least 4 members (excludes halogenated alkanes) is 6. The number of carbonyl (C=O) groups excluding carboxylic acids is 4. The fourth-order valence-corrected chi connectivity index (χ4v) is 2.09. The van der Waals surface area contributed by atoms with Crippen LogP contribution in [-0.4, -0.2) is 56.7 Å². The van der Waals surface area contributed by atoms with Crippen LogP contribution in [0.3, 0.4) is 0 Å². The average Bonchev–Trinajstić information content (AvgIpc) is 2.64. The van der Waals surface area contributed by atoms with Crippen molar-refractivity contribution < 1.29 is 38.1 Å². The van der Waals surface area contributed by atoms with Crippen LogP contribution in [0.4, 0.5) is 0 Å². The maximum absolute atomic E-state index is 11.5. The van der Waals surface area contributed by atoms with Gasteiger partial charge in [0.1, 0.15) is 0 Å². The van der Waals surface area contributed by atoms with Gasteiger partial charge in [-0.25, -0.2) is 14.4 Å². The molecule has 0 bridgehead atoms. The number of ether oxygens (including phenoxy) is 4. The van der Waals surface area contributed by atoms with E-state index in [2.05, 4.69) is 4.74 Å². The first-order valence-electron chi connectivity index (χ1n) is 9.54. The monoisotopic (exact) mass is 388 g/mol. The molecule has 8 heteroatoms. The second-order valence-corrected chi connectivity index (χ2v) is 6.31. The molecule has 0 aliphatic carbocycles. The molecule has 0 saturated carbocycles. The maximum Gasteiger partial charge on any atom is 0.417 e. The average molecular weight is 388 g/mol. The van der Waals surface area contributed by atoms with Gasteiger partial charge in [0.05, 0.1) is 25.9 Å². The molecule has 0 N–H and O–H groups in total. The van der Waals surface area contributed by atoms with E-state index in [1.165, 1.54) is 0 Å². The zero-order chi connectivity index (χ0) is 20.3. The SMILES string of the molecule is CC(C)OCCCCCCOC(=O)C(=O)OCCCCCCOC(=O)C=O. The lowest BCUT2D eigenvalue weighted by Crippen LogP contribution is -2.21. The first kappa shape index (κ1) is 25.0. The van der Waals surface area contributed by atoms with Gasteiger partial charge in [0, 0.05) is 6.61 Å². The van der Waals surface area contributed by atoms with E-state index in [4.69, 9.17) is 14.2 Å². The number of esters is 3. The Labute approximate surface area is 160 Å². The summed E-state index contributed by atoms with van der Waals surface area (Å²) in [5.74, 6) is -2.80. The standard InChI is InChI=1S/C19H32O8/c1-16(2)24-11-7-3-5-9-13-26-18(22)19(23)27-14-10-6-4-8-12-25-17(21)15-20/h15-16H,3-14H2,1-2H3. The van der Waals surface area contributed by atoms with Crippen molar-refractivity contribution in [1.29, 1.82) is 0 Å². The molecule has 0 amide bonds. The van der Waals surface area contributed by atoms with Crippen LogP contribution in [-0.2, 0) is 38.1 Å². The predicted octanol–water partition coefficient (Wildman–Crippen LogP) is 2.36. The third-order valence-corrected chi connectivity index (χ3v) is 3.50. The van der Waals surface area contributed by atoms with Gasteiger partial charge in [0.2, 0.25) is 6.29 Å². The smallest absolute Gasteiger partial charge is 0.417 e. The topological polar surface area (TPSA) is 105 Å². The Morgan fingerprint density at radius 2 is 1.07 bits per heavy atom. The molecule has 0 fully saturated rings. The van der Waals surface area contributed by atoms with E-state index in [1.807, 2.05) is 13.8 Å². The summed E-state index contributed by atoms with van der Waals surface area (Å²) in [7, 11) is 0. The van der Waals surface area contributed by atoms with Crippen LogP contribution < -0.4 is 0 Å². The van der Waals surface area contributed by atoms with Crippen LogP contribution in [0.5, 0.6) is 0 Å². The molecule has 0 rings (SSSR count). The van der Waals surface area contributed by atoms with Gasteiger partial charge in [-0.05, 0) is 58.8 Å². The van der Waals surface area contributed by atoms with Gasteiger partial charge >= 0.3 is 17.9 Å². The number of aldehydes is 1. The van der Waals surface area contributed by atoms with Crippen molar-refractivity contribution in [2.75, 3.05) is 26.4 Å². The summed E-state index contributed by atoms with van der Waals surface area (Å²) in [6.45, 7) is 5.25. The summed E-state index contributed by atoms with van der Waals surface area (Å²) in [6, 6.07) is 0. The molecule has 8 nitrogen and oxygen atoms in total. The van der Waals surface area contributed by atoms with Crippen molar-refractivity contribution in [3.8, 4) is 0 Å². The van der Waals surface area contributed by atoms with Crippen molar-refractivity contribution in [3.63, 3.8) is 0 Å². The van der Waals surface area contributed by atoms with Crippen molar-refractivity contribution in [1.82, 2.24) is 0 Å². The minimum absolute atomic E-state index is 0.126. The highest BCUT2D eigenvalue weighted by molar-refractivity contribution is 6.29. The molecule has 0 saturated heterocycles. The molecular formula is C19H32O8. The number of carbonyl (C=O) groups is 4. The molecule has 0 atom stereocenters. The Balaban J connectivity index is 3.43. The number of hydrogen-bond acceptors (Lipinski definition) is 8. The third-order valence-electron chi connectivity index (χ3n) is 3.50. The van der Waals surface area contributed by atoms with Gasteiger partial charge in [-0.2, -0.15) is 0 Å². The van der Waals surface area contributed by atoms with Gasteiger partial charge < -0.3 is 18.9 Å². The molecule has 0 aromatic heterocycles. The van der Waals surface area contributed by atoms with Crippen molar-refractivity contribution >= 4 is 24.2 Å². The Morgan fingerprint density at radius 3 is 1.48 bits per heavy atom. The second kappa shape index (κ2) is 17.5. The van der Waals surface area contributed by atoms with E-state index in [1.54, 1.807) is 0 Å². The largest absolute Gasteiger partial charge is 0.460 e. The van der Waals surface area contributed by atoms with Crippen LogP contribution in [0.1, 0.15) is 65.2 Å². The number of rotatable bonds is 16. The van der Waals surface area contributed by atoms with Crippen LogP contribution in [0.25, 0.3) is 0 Å². The van der Waals surface area contributed by atoms with Gasteiger partial charge in [-0.3, -0.25) is 4.79 Å². The molecule has 0 unspecified atom stereocenters. The lowest BCUT2D eigenvalue weighted by atomic mass is 10.2. The molecule has 0 heterocycles. The van der Waals surface area contributed by atoms with E-state index in [-0.39, 0.29) is 32.2 Å². The molecule has 27 heavy (non-hydrogen) atoms. The first-order chi connectivity index (χ1) is 13.0. The van der Waals surface area contributed by atoms with Crippen molar-refractivity contribution in [2.45, 2.75) is 71.3 Å². The molecule has 0 aliphatic rings. The van der Waals surface area contributed by atoms with Gasteiger partial charge in [0.15, 0.2) is 0 Å². The third kappa shape index (κ3) is 17.2. The second-order valence-electron chi connectivity index (χ2n) is 6.31. The summed E-state index contributed by atoms with van der Waals surface area (Å²) in [5.41, 5.74) is 0. The Bertz CT molecular complexity index is 433. The molecule has 0 radical (unpaired) electrons. The Hall–Kier alpha value is -1.96. The van der Waals surface area contributed by atoms with Crippen molar-refractivity contribution in [3.05, 3.63) is 0 Å². The van der Waals surface area contributed by atoms with Crippen LogP contribution in [0, 0.1) is 0 Å². The van der Waals surface area contributed by atoms with E-state index in [9.17, 15) is 19.2 Å². The predicted molar refractivity (Wildman–Crippen MR) is 97.0 cm³/mol. The summed E-state index contributed by atoms with van der Waals surface area (Å²) in [4.78, 5) is 43.5. The van der Waals surface area contributed by atoms with Gasteiger partial charge in [-0.15, -0.1) is 0 Å². The molecule has 0 aromatic rings. The Kier molecular flexibility index (Phi) is 16.2. The quantitative estimate of drug-likeness (QED) is 0.130. The first-order valence-corrected chi connectivity index (χ1v) is 9.54. The summed E-state index contributed by atoms with van der Waals surface area (Å²) < 4.78 is 19.7. The fraction of sp³-hybridized carbons (Fsp3) is 0.789. The maximum atomic E-state index is 11.5. The minimum atomic E-state index is -0.972. The molecular weight excluding hydrogens is 356 g/mol. The molecule has 156 valence electrons. The fourth-order valence-electron chi connectivity index (χ4n) is 2.09. The molecule has 0 spiro atoms. The van der Waals surface area contributed by atoms with E-state index in [0.717, 1.165) is 38.7 Å². The summed E-state index contributed by atoms with van der Waals surface area (Å²) >= 11 is 0. The normalized spacial score (nSPS) is 10.5. The minimum Gasteiger partial charge on any atom is -0.460 e. The van der Waals surface area contributed by atoms with Crippen molar-refractivity contribution in [2.24, 2.45) is 0 Å². The lowest BCUT2D eigenvalue weighted by molar-refractivity contribution is -0.167. The van der Waals surface area contributed by atoms with E-state index < -0.39 is 17.9 Å². The zero-order valence-electron chi connectivity index (χ0n) is 16.4. The van der Waals surface area contributed by atoms with Gasteiger partial charge in [-0.1, -0.05) is 6.42 Å². The summed E-state index contributed by atoms with van der Waals surface area (Å²) in [6.07, 6.45) is 6.67. The van der Waals surface area contributed by atoms with Gasteiger partial charge in [0.25, 0.3) is 0 Å². The molecule has 0 aromatic carbocycles. The highest BCUT2D eigenvalue weighted by Crippen LogP contribution is 2.03. The van der Waals surface area contributed by atoms with Crippen LogP contribution in [0.15, 0.2) is 0 Å². The van der Waals surface area contributed by atoms with E-state index >= 15 is 0 Å². The highest BCUT2D eigenvalue weighted by Gasteiger charge is 2.16. The highest BCUT2D eigenvalue weighted by atomic mass is 16.6. The van der Waals surface area contributed by atoms with Crippen LogP contribution >= 0.6 is 0 Å².